The Hall–Kier alpha value is -2.14. The summed E-state index contributed by atoms with van der Waals surface area (Å²) >= 11 is 1.58. The van der Waals surface area contributed by atoms with E-state index in [0.29, 0.717) is 6.42 Å². The van der Waals surface area contributed by atoms with Crippen molar-refractivity contribution in [1.82, 2.24) is 15.0 Å². The fourth-order valence-electron chi connectivity index (χ4n) is 1.91. The lowest BCUT2D eigenvalue weighted by Crippen LogP contribution is -1.90. The van der Waals surface area contributed by atoms with E-state index in [1.807, 2.05) is 24.4 Å². The molecule has 0 bridgehead atoms. The molecule has 2 heterocycles. The molecule has 1 aromatic carbocycles. The van der Waals surface area contributed by atoms with Gasteiger partial charge in [-0.15, -0.1) is 11.3 Å². The summed E-state index contributed by atoms with van der Waals surface area (Å²) in [4.78, 5) is 11.9. The summed E-state index contributed by atoms with van der Waals surface area (Å²) < 4.78 is 0. The molecule has 0 aliphatic rings. The van der Waals surface area contributed by atoms with Crippen LogP contribution in [0.25, 0.3) is 11.3 Å². The number of para-hydroxylation sites is 1. The number of hydrogen-bond donors (Lipinski definition) is 2. The molecule has 3 rings (SSSR count). The number of phenols is 1. The van der Waals surface area contributed by atoms with Crippen molar-refractivity contribution in [2.75, 3.05) is 0 Å². The van der Waals surface area contributed by atoms with Gasteiger partial charge < -0.3 is 10.1 Å². The van der Waals surface area contributed by atoms with E-state index < -0.39 is 0 Å². The van der Waals surface area contributed by atoms with Crippen LogP contribution in [-0.2, 0) is 6.42 Å². The van der Waals surface area contributed by atoms with Gasteiger partial charge in [0.1, 0.15) is 5.75 Å². The number of aromatic nitrogens is 3. The van der Waals surface area contributed by atoms with Crippen molar-refractivity contribution < 1.29 is 5.11 Å². The van der Waals surface area contributed by atoms with E-state index in [4.69, 9.17) is 0 Å². The minimum atomic E-state index is 0.260. The van der Waals surface area contributed by atoms with Gasteiger partial charge in [0.25, 0.3) is 0 Å². The number of rotatable bonds is 3. The summed E-state index contributed by atoms with van der Waals surface area (Å²) in [5, 5.41) is 12.8. The summed E-state index contributed by atoms with van der Waals surface area (Å²) in [5.41, 5.74) is 3.66. The van der Waals surface area contributed by atoms with Crippen LogP contribution in [0.2, 0.25) is 0 Å². The smallest absolute Gasteiger partial charge is 0.125 e. The molecule has 5 heteroatoms. The number of nitrogens with one attached hydrogen (secondary N) is 1. The quantitative estimate of drug-likeness (QED) is 0.769. The molecule has 0 unspecified atom stereocenters. The molecule has 0 amide bonds. The van der Waals surface area contributed by atoms with E-state index in [1.54, 1.807) is 29.8 Å². The number of H-pyrrole nitrogens is 1. The third-order valence-electron chi connectivity index (χ3n) is 2.98. The highest BCUT2D eigenvalue weighted by Gasteiger charge is 2.10. The number of aromatic hydroxyl groups is 1. The van der Waals surface area contributed by atoms with Crippen molar-refractivity contribution in [3.05, 3.63) is 52.4 Å². The molecule has 0 atom stereocenters. The number of hydrogen-bond acceptors (Lipinski definition) is 4. The second-order valence-corrected chi connectivity index (χ2v) is 5.24. The number of aryl methyl sites for hydroxylation is 1. The van der Waals surface area contributed by atoms with Gasteiger partial charge in [-0.2, -0.15) is 0 Å². The second-order valence-electron chi connectivity index (χ2n) is 4.29. The molecule has 4 nitrogen and oxygen atoms in total. The SMILES string of the molecule is Cc1[nH]cnc1Cc1nc(-c2ccccc2O)cs1. The Labute approximate surface area is 114 Å². The van der Waals surface area contributed by atoms with Crippen LogP contribution in [0.15, 0.2) is 36.0 Å². The second kappa shape index (κ2) is 4.85. The number of phenolic OH excluding ortho intramolecular Hbond substituents is 1. The molecule has 0 saturated carbocycles. The monoisotopic (exact) mass is 271 g/mol. The Morgan fingerprint density at radius 2 is 2.16 bits per heavy atom. The number of thiazole rings is 1. The number of imidazole rings is 1. The van der Waals surface area contributed by atoms with Gasteiger partial charge >= 0.3 is 0 Å². The Balaban J connectivity index is 1.88. The van der Waals surface area contributed by atoms with E-state index in [9.17, 15) is 5.11 Å². The largest absolute Gasteiger partial charge is 0.507 e. The first-order valence-corrected chi connectivity index (χ1v) is 6.83. The predicted octanol–water partition coefficient (Wildman–Crippen LogP) is 3.14. The summed E-state index contributed by atoms with van der Waals surface area (Å²) in [6.07, 6.45) is 2.41. The molecule has 0 radical (unpaired) electrons. The molecule has 96 valence electrons. The maximum Gasteiger partial charge on any atom is 0.125 e. The molecule has 0 fully saturated rings. The van der Waals surface area contributed by atoms with Gasteiger partial charge in [0.05, 0.1) is 22.7 Å². The molecular formula is C14H13N3OS. The van der Waals surface area contributed by atoms with E-state index in [-0.39, 0.29) is 5.75 Å². The maximum absolute atomic E-state index is 9.82. The molecule has 0 spiro atoms. The minimum Gasteiger partial charge on any atom is -0.507 e. The van der Waals surface area contributed by atoms with Gasteiger partial charge in [-0.25, -0.2) is 9.97 Å². The topological polar surface area (TPSA) is 61.8 Å². The van der Waals surface area contributed by atoms with Crippen LogP contribution in [0.4, 0.5) is 0 Å². The molecule has 0 saturated heterocycles. The normalized spacial score (nSPS) is 10.8. The fraction of sp³-hybridized carbons (Fsp3) is 0.143. The summed E-state index contributed by atoms with van der Waals surface area (Å²) in [5.74, 6) is 0.260. The first-order valence-electron chi connectivity index (χ1n) is 5.95. The van der Waals surface area contributed by atoms with E-state index in [1.165, 1.54) is 0 Å². The lowest BCUT2D eigenvalue weighted by molar-refractivity contribution is 0.477. The van der Waals surface area contributed by atoms with Gasteiger partial charge in [-0.3, -0.25) is 0 Å². The number of nitrogens with zero attached hydrogens (tertiary/aromatic N) is 2. The summed E-state index contributed by atoms with van der Waals surface area (Å²) in [7, 11) is 0. The Morgan fingerprint density at radius 3 is 2.89 bits per heavy atom. The van der Waals surface area contributed by atoms with E-state index >= 15 is 0 Å². The average Bonchev–Trinajstić information content (AvgIpc) is 3.01. The first-order chi connectivity index (χ1) is 9.24. The zero-order chi connectivity index (χ0) is 13.2. The van der Waals surface area contributed by atoms with Crippen LogP contribution < -0.4 is 0 Å². The summed E-state index contributed by atoms with van der Waals surface area (Å²) in [6.45, 7) is 2.00. The van der Waals surface area contributed by atoms with Crippen LogP contribution in [-0.4, -0.2) is 20.1 Å². The van der Waals surface area contributed by atoms with Gasteiger partial charge in [-0.05, 0) is 19.1 Å². The Bertz CT molecular complexity index is 702. The lowest BCUT2D eigenvalue weighted by Gasteiger charge is -1.99. The number of aromatic amines is 1. The Kier molecular flexibility index (Phi) is 3.05. The standard InChI is InChI=1S/C14H13N3OS/c1-9-11(16-8-15-9)6-14-17-12(7-19-14)10-4-2-3-5-13(10)18/h2-5,7-8,18H,6H2,1H3,(H,15,16). The third-order valence-corrected chi connectivity index (χ3v) is 3.83. The molecule has 3 aromatic rings. The number of benzene rings is 1. The molecule has 19 heavy (non-hydrogen) atoms. The minimum absolute atomic E-state index is 0.260. The van der Waals surface area contributed by atoms with Crippen LogP contribution in [0.5, 0.6) is 5.75 Å². The van der Waals surface area contributed by atoms with Gasteiger partial charge in [0.2, 0.25) is 0 Å². The Morgan fingerprint density at radius 1 is 1.32 bits per heavy atom. The zero-order valence-corrected chi connectivity index (χ0v) is 11.2. The van der Waals surface area contributed by atoms with Crippen molar-refractivity contribution >= 4 is 11.3 Å². The molecule has 2 N–H and O–H groups in total. The third kappa shape index (κ3) is 2.37. The van der Waals surface area contributed by atoms with Crippen molar-refractivity contribution in [1.29, 1.82) is 0 Å². The fourth-order valence-corrected chi connectivity index (χ4v) is 2.71. The van der Waals surface area contributed by atoms with Crippen LogP contribution in [0.3, 0.4) is 0 Å². The average molecular weight is 271 g/mol. The van der Waals surface area contributed by atoms with Crippen LogP contribution >= 0.6 is 11.3 Å². The van der Waals surface area contributed by atoms with E-state index in [2.05, 4.69) is 15.0 Å². The predicted molar refractivity (Wildman–Crippen MR) is 75.3 cm³/mol. The molecular weight excluding hydrogens is 258 g/mol. The van der Waals surface area contributed by atoms with E-state index in [0.717, 1.165) is 27.7 Å². The van der Waals surface area contributed by atoms with Crippen molar-refractivity contribution in [2.24, 2.45) is 0 Å². The highest BCUT2D eigenvalue weighted by molar-refractivity contribution is 7.10. The first kappa shape index (κ1) is 11.9. The zero-order valence-electron chi connectivity index (χ0n) is 10.4. The molecule has 0 aliphatic carbocycles. The maximum atomic E-state index is 9.82. The van der Waals surface area contributed by atoms with Crippen LogP contribution in [0, 0.1) is 6.92 Å². The highest BCUT2D eigenvalue weighted by atomic mass is 32.1. The van der Waals surface area contributed by atoms with Crippen LogP contribution in [0.1, 0.15) is 16.4 Å². The van der Waals surface area contributed by atoms with Gasteiger partial charge in [-0.1, -0.05) is 12.1 Å². The molecule has 0 aliphatic heterocycles. The summed E-state index contributed by atoms with van der Waals surface area (Å²) in [6, 6.07) is 7.24. The van der Waals surface area contributed by atoms with Crippen molar-refractivity contribution in [2.45, 2.75) is 13.3 Å². The van der Waals surface area contributed by atoms with Gasteiger partial charge in [0, 0.05) is 23.1 Å². The lowest BCUT2D eigenvalue weighted by atomic mass is 10.1. The highest BCUT2D eigenvalue weighted by Crippen LogP contribution is 2.30. The van der Waals surface area contributed by atoms with Gasteiger partial charge in [0.15, 0.2) is 0 Å². The molecule has 2 aromatic heterocycles. The van der Waals surface area contributed by atoms with Crippen molar-refractivity contribution in [3.63, 3.8) is 0 Å². The van der Waals surface area contributed by atoms with Crippen molar-refractivity contribution in [3.8, 4) is 17.0 Å².